The second-order valence-corrected chi connectivity index (χ2v) is 6.56. The number of nitrogens with zero attached hydrogens (tertiary/aromatic N) is 5. The molecule has 1 aliphatic rings. The number of rotatable bonds is 5. The highest BCUT2D eigenvalue weighted by Gasteiger charge is 2.22. The Morgan fingerprint density at radius 1 is 1.07 bits per heavy atom. The Hall–Kier alpha value is -3.16. The van der Waals surface area contributed by atoms with E-state index in [1.165, 1.54) is 0 Å². The number of urea groups is 1. The van der Waals surface area contributed by atoms with E-state index in [0.717, 1.165) is 48.7 Å². The number of H-pyrrole nitrogens is 1. The van der Waals surface area contributed by atoms with Gasteiger partial charge in [-0.05, 0) is 24.6 Å². The topological polar surface area (TPSA) is 90.0 Å². The molecule has 27 heavy (non-hydrogen) atoms. The minimum atomic E-state index is -0.00626. The summed E-state index contributed by atoms with van der Waals surface area (Å²) < 4.78 is 0. The van der Waals surface area contributed by atoms with E-state index in [-0.39, 0.29) is 6.03 Å². The number of nitrogens with one attached hydrogen (secondary N) is 2. The summed E-state index contributed by atoms with van der Waals surface area (Å²) in [4.78, 5) is 32.7. The fourth-order valence-corrected chi connectivity index (χ4v) is 3.25. The summed E-state index contributed by atoms with van der Waals surface area (Å²) in [5, 5.41) is 3.01. The Bertz CT molecular complexity index is 854. The first-order valence-electron chi connectivity index (χ1n) is 9.28. The van der Waals surface area contributed by atoms with Crippen LogP contribution in [-0.4, -0.2) is 63.6 Å². The fraction of sp³-hybridized carbons (Fsp3) is 0.368. The number of carbonyl (C=O) groups is 1. The van der Waals surface area contributed by atoms with E-state index < -0.39 is 0 Å². The quantitative estimate of drug-likeness (QED) is 0.673. The molecule has 1 saturated heterocycles. The molecule has 0 bridgehead atoms. The first-order chi connectivity index (χ1) is 13.3. The SMILES string of the molecule is O=C(NCCCc1nc2ccccc2[nH]1)N1CCN(c2ncccn2)CC1. The third-order valence-corrected chi connectivity index (χ3v) is 4.71. The third-order valence-electron chi connectivity index (χ3n) is 4.71. The van der Waals surface area contributed by atoms with Crippen molar-refractivity contribution in [3.8, 4) is 0 Å². The molecule has 2 N–H and O–H groups in total. The maximum atomic E-state index is 12.3. The molecule has 0 unspecified atom stereocenters. The number of aryl methyl sites for hydroxylation is 1. The number of piperazine rings is 1. The van der Waals surface area contributed by atoms with Crippen LogP contribution in [0.4, 0.5) is 10.7 Å². The fourth-order valence-electron chi connectivity index (χ4n) is 3.25. The lowest BCUT2D eigenvalue weighted by Gasteiger charge is -2.34. The largest absolute Gasteiger partial charge is 0.342 e. The maximum absolute atomic E-state index is 12.3. The Morgan fingerprint density at radius 2 is 1.85 bits per heavy atom. The lowest BCUT2D eigenvalue weighted by Crippen LogP contribution is -2.52. The summed E-state index contributed by atoms with van der Waals surface area (Å²) in [6.07, 6.45) is 5.14. The minimum absolute atomic E-state index is 0.00626. The molecule has 2 amide bonds. The highest BCUT2D eigenvalue weighted by atomic mass is 16.2. The van der Waals surface area contributed by atoms with Gasteiger partial charge in [0.1, 0.15) is 5.82 Å². The van der Waals surface area contributed by atoms with Crippen molar-refractivity contribution in [3.05, 3.63) is 48.5 Å². The van der Waals surface area contributed by atoms with Gasteiger partial charge in [-0.1, -0.05) is 12.1 Å². The average molecular weight is 365 g/mol. The van der Waals surface area contributed by atoms with Crippen molar-refractivity contribution in [1.29, 1.82) is 0 Å². The van der Waals surface area contributed by atoms with Crippen molar-refractivity contribution in [2.24, 2.45) is 0 Å². The number of hydrogen-bond acceptors (Lipinski definition) is 5. The molecule has 8 nitrogen and oxygen atoms in total. The van der Waals surface area contributed by atoms with Crippen LogP contribution in [0, 0.1) is 0 Å². The monoisotopic (exact) mass is 365 g/mol. The molecule has 140 valence electrons. The van der Waals surface area contributed by atoms with Crippen LogP contribution in [0.15, 0.2) is 42.7 Å². The van der Waals surface area contributed by atoms with Gasteiger partial charge in [0.15, 0.2) is 0 Å². The number of fused-ring (bicyclic) bond motifs is 1. The van der Waals surface area contributed by atoms with Gasteiger partial charge >= 0.3 is 6.03 Å². The van der Waals surface area contributed by atoms with E-state index in [9.17, 15) is 4.79 Å². The van der Waals surface area contributed by atoms with Gasteiger partial charge in [0.05, 0.1) is 11.0 Å². The molecule has 0 spiro atoms. The number of imidazole rings is 1. The predicted octanol–water partition coefficient (Wildman–Crippen LogP) is 1.82. The van der Waals surface area contributed by atoms with Crippen LogP contribution in [0.3, 0.4) is 0 Å². The second-order valence-electron chi connectivity index (χ2n) is 6.56. The summed E-state index contributed by atoms with van der Waals surface area (Å²) in [5.41, 5.74) is 2.04. The number of hydrogen-bond donors (Lipinski definition) is 2. The highest BCUT2D eigenvalue weighted by molar-refractivity contribution is 5.75. The first-order valence-corrected chi connectivity index (χ1v) is 9.28. The van der Waals surface area contributed by atoms with E-state index in [4.69, 9.17) is 0 Å². The van der Waals surface area contributed by atoms with Crippen molar-refractivity contribution in [3.63, 3.8) is 0 Å². The summed E-state index contributed by atoms with van der Waals surface area (Å²) >= 11 is 0. The Balaban J connectivity index is 1.19. The van der Waals surface area contributed by atoms with Gasteiger partial charge in [-0.3, -0.25) is 0 Å². The molecular formula is C19H23N7O. The summed E-state index contributed by atoms with van der Waals surface area (Å²) in [5.74, 6) is 1.69. The third kappa shape index (κ3) is 4.16. The molecule has 2 aromatic heterocycles. The molecule has 1 fully saturated rings. The molecule has 1 aromatic carbocycles. The van der Waals surface area contributed by atoms with Crippen LogP contribution in [0.2, 0.25) is 0 Å². The van der Waals surface area contributed by atoms with Crippen LogP contribution < -0.4 is 10.2 Å². The van der Waals surface area contributed by atoms with Crippen molar-refractivity contribution >= 4 is 23.0 Å². The van der Waals surface area contributed by atoms with Gasteiger partial charge in [0.25, 0.3) is 0 Å². The van der Waals surface area contributed by atoms with Crippen molar-refractivity contribution in [2.75, 3.05) is 37.6 Å². The second kappa shape index (κ2) is 8.03. The lowest BCUT2D eigenvalue weighted by atomic mass is 10.3. The summed E-state index contributed by atoms with van der Waals surface area (Å²) in [7, 11) is 0. The van der Waals surface area contributed by atoms with E-state index in [0.29, 0.717) is 19.6 Å². The standard InChI is InChI=1S/C19H23N7O/c27-19(26-13-11-25(12-14-26)18-20-9-4-10-21-18)22-8-3-7-17-23-15-5-1-2-6-16(15)24-17/h1-2,4-6,9-10H,3,7-8,11-14H2,(H,22,27)(H,23,24). The lowest BCUT2D eigenvalue weighted by molar-refractivity contribution is 0.194. The number of amides is 2. The molecule has 0 saturated carbocycles. The zero-order valence-electron chi connectivity index (χ0n) is 15.1. The molecule has 8 heteroatoms. The van der Waals surface area contributed by atoms with Gasteiger partial charge in [0.2, 0.25) is 5.95 Å². The first kappa shape index (κ1) is 17.3. The van der Waals surface area contributed by atoms with Crippen LogP contribution in [0.25, 0.3) is 11.0 Å². The van der Waals surface area contributed by atoms with E-state index >= 15 is 0 Å². The molecule has 0 aliphatic carbocycles. The van der Waals surface area contributed by atoms with E-state index in [1.54, 1.807) is 18.5 Å². The van der Waals surface area contributed by atoms with Gasteiger partial charge in [-0.2, -0.15) is 0 Å². The molecule has 0 radical (unpaired) electrons. The Morgan fingerprint density at radius 3 is 2.63 bits per heavy atom. The number of aromatic amines is 1. The van der Waals surface area contributed by atoms with Gasteiger partial charge < -0.3 is 20.1 Å². The smallest absolute Gasteiger partial charge is 0.317 e. The molecule has 4 rings (SSSR count). The predicted molar refractivity (Wildman–Crippen MR) is 104 cm³/mol. The number of para-hydroxylation sites is 2. The van der Waals surface area contributed by atoms with Crippen LogP contribution >= 0.6 is 0 Å². The van der Waals surface area contributed by atoms with Gasteiger partial charge in [0, 0.05) is 51.5 Å². The Labute approximate surface area is 157 Å². The molecule has 0 atom stereocenters. The maximum Gasteiger partial charge on any atom is 0.317 e. The summed E-state index contributed by atoms with van der Waals surface area (Å²) in [6, 6.07) is 9.79. The van der Waals surface area contributed by atoms with Crippen LogP contribution in [-0.2, 0) is 6.42 Å². The normalized spacial score (nSPS) is 14.5. The minimum Gasteiger partial charge on any atom is -0.342 e. The van der Waals surface area contributed by atoms with Gasteiger partial charge in [-0.15, -0.1) is 0 Å². The van der Waals surface area contributed by atoms with E-state index in [2.05, 4.69) is 30.2 Å². The van der Waals surface area contributed by atoms with E-state index in [1.807, 2.05) is 29.2 Å². The molecular weight excluding hydrogens is 342 g/mol. The molecule has 3 heterocycles. The van der Waals surface area contributed by atoms with Crippen molar-refractivity contribution in [2.45, 2.75) is 12.8 Å². The summed E-state index contributed by atoms with van der Waals surface area (Å²) in [6.45, 7) is 3.48. The zero-order valence-corrected chi connectivity index (χ0v) is 15.1. The number of carbonyl (C=O) groups excluding carboxylic acids is 1. The van der Waals surface area contributed by atoms with Crippen LogP contribution in [0.5, 0.6) is 0 Å². The zero-order chi connectivity index (χ0) is 18.5. The van der Waals surface area contributed by atoms with Crippen molar-refractivity contribution in [1.82, 2.24) is 30.2 Å². The van der Waals surface area contributed by atoms with Crippen molar-refractivity contribution < 1.29 is 4.79 Å². The molecule has 3 aromatic rings. The number of aromatic nitrogens is 4. The van der Waals surface area contributed by atoms with Gasteiger partial charge in [-0.25, -0.2) is 19.7 Å². The molecule has 1 aliphatic heterocycles. The number of benzene rings is 1. The average Bonchev–Trinajstić information content (AvgIpc) is 3.15. The van der Waals surface area contributed by atoms with Crippen LogP contribution in [0.1, 0.15) is 12.2 Å². The Kier molecular flexibility index (Phi) is 5.13. The number of anilines is 1. The highest BCUT2D eigenvalue weighted by Crippen LogP contribution is 2.12.